The Kier molecular flexibility index (Phi) is 5.08. The smallest absolute Gasteiger partial charge is 0.227 e. The quantitative estimate of drug-likeness (QED) is 0.918. The number of anilines is 2. The summed E-state index contributed by atoms with van der Waals surface area (Å²) in [4.78, 5) is 23.8. The van der Waals surface area contributed by atoms with Crippen LogP contribution in [-0.4, -0.2) is 29.0 Å². The number of amides is 1. The zero-order valence-electron chi connectivity index (χ0n) is 14.3. The maximum absolute atomic E-state index is 12.5. The molecule has 0 saturated heterocycles. The van der Waals surface area contributed by atoms with Crippen molar-refractivity contribution < 1.29 is 4.79 Å². The van der Waals surface area contributed by atoms with E-state index in [-0.39, 0.29) is 11.8 Å². The summed E-state index contributed by atoms with van der Waals surface area (Å²) in [5, 5.41) is 3.00. The molecule has 0 saturated carbocycles. The van der Waals surface area contributed by atoms with E-state index in [2.05, 4.69) is 29.0 Å². The molecule has 1 aromatic carbocycles. The van der Waals surface area contributed by atoms with Gasteiger partial charge in [-0.15, -0.1) is 0 Å². The summed E-state index contributed by atoms with van der Waals surface area (Å²) in [6, 6.07) is 9.61. The molecular formula is C19H24N4O. The van der Waals surface area contributed by atoms with Crippen LogP contribution in [0.25, 0.3) is 0 Å². The number of nitrogens with zero attached hydrogens (tertiary/aromatic N) is 3. The van der Waals surface area contributed by atoms with E-state index in [9.17, 15) is 4.79 Å². The highest BCUT2D eigenvalue weighted by molar-refractivity contribution is 5.92. The number of carbonyl (C=O) groups excluding carboxylic acids is 1. The van der Waals surface area contributed by atoms with Gasteiger partial charge >= 0.3 is 0 Å². The first-order valence-electron chi connectivity index (χ1n) is 8.67. The van der Waals surface area contributed by atoms with Gasteiger partial charge in [0.2, 0.25) is 11.9 Å². The van der Waals surface area contributed by atoms with Gasteiger partial charge in [-0.1, -0.05) is 18.2 Å². The van der Waals surface area contributed by atoms with Crippen LogP contribution in [0.3, 0.4) is 0 Å². The SMILES string of the molecule is CCN(CC)c1ncc2c(n1)CCC(C(=O)Nc1ccccc1)C2. The molecule has 5 heteroatoms. The number of aromatic nitrogens is 2. The van der Waals surface area contributed by atoms with Crippen LogP contribution in [0, 0.1) is 5.92 Å². The van der Waals surface area contributed by atoms with Crippen LogP contribution >= 0.6 is 0 Å². The number of hydrogen-bond donors (Lipinski definition) is 1. The first-order chi connectivity index (χ1) is 11.7. The van der Waals surface area contributed by atoms with Crippen molar-refractivity contribution in [2.45, 2.75) is 33.1 Å². The molecule has 0 spiro atoms. The topological polar surface area (TPSA) is 58.1 Å². The molecule has 1 unspecified atom stereocenters. The van der Waals surface area contributed by atoms with Crippen molar-refractivity contribution in [3.63, 3.8) is 0 Å². The minimum Gasteiger partial charge on any atom is -0.341 e. The summed E-state index contributed by atoms with van der Waals surface area (Å²) >= 11 is 0. The number of aryl methyl sites for hydroxylation is 1. The van der Waals surface area contributed by atoms with Crippen molar-refractivity contribution in [3.8, 4) is 0 Å². The second-order valence-corrected chi connectivity index (χ2v) is 6.11. The number of rotatable bonds is 5. The van der Waals surface area contributed by atoms with E-state index >= 15 is 0 Å². The Morgan fingerprint density at radius 1 is 1.25 bits per heavy atom. The lowest BCUT2D eigenvalue weighted by molar-refractivity contribution is -0.120. The van der Waals surface area contributed by atoms with Gasteiger partial charge in [0, 0.05) is 36.6 Å². The number of carbonyl (C=O) groups is 1. The molecule has 2 aromatic rings. The second-order valence-electron chi connectivity index (χ2n) is 6.11. The molecule has 1 amide bonds. The number of para-hydroxylation sites is 1. The molecule has 0 bridgehead atoms. The fraction of sp³-hybridized carbons (Fsp3) is 0.421. The van der Waals surface area contributed by atoms with Crippen LogP contribution in [0.4, 0.5) is 11.6 Å². The summed E-state index contributed by atoms with van der Waals surface area (Å²) in [6.07, 6.45) is 4.28. The van der Waals surface area contributed by atoms with Crippen molar-refractivity contribution in [1.29, 1.82) is 0 Å². The van der Waals surface area contributed by atoms with E-state index in [1.807, 2.05) is 36.5 Å². The molecule has 1 N–H and O–H groups in total. The maximum atomic E-state index is 12.5. The summed E-state index contributed by atoms with van der Waals surface area (Å²) in [7, 11) is 0. The number of fused-ring (bicyclic) bond motifs is 1. The van der Waals surface area contributed by atoms with E-state index < -0.39 is 0 Å². The van der Waals surface area contributed by atoms with Gasteiger partial charge in [-0.25, -0.2) is 9.97 Å². The Morgan fingerprint density at radius 2 is 2.00 bits per heavy atom. The normalized spacial score (nSPS) is 16.3. The molecule has 126 valence electrons. The lowest BCUT2D eigenvalue weighted by Crippen LogP contribution is -2.30. The van der Waals surface area contributed by atoms with Gasteiger partial charge in [0.15, 0.2) is 0 Å². The predicted octanol–water partition coefficient (Wildman–Crippen LogP) is 3.07. The number of benzene rings is 1. The van der Waals surface area contributed by atoms with E-state index in [0.717, 1.165) is 48.8 Å². The lowest BCUT2D eigenvalue weighted by atomic mass is 9.86. The summed E-state index contributed by atoms with van der Waals surface area (Å²) in [5.74, 6) is 0.867. The van der Waals surface area contributed by atoms with E-state index in [0.29, 0.717) is 6.42 Å². The van der Waals surface area contributed by atoms with Crippen LogP contribution in [0.1, 0.15) is 31.5 Å². The molecular weight excluding hydrogens is 300 g/mol. The highest BCUT2D eigenvalue weighted by Crippen LogP contribution is 2.26. The fourth-order valence-corrected chi connectivity index (χ4v) is 3.15. The van der Waals surface area contributed by atoms with Crippen LogP contribution in [0.5, 0.6) is 0 Å². The Labute approximate surface area is 143 Å². The zero-order valence-corrected chi connectivity index (χ0v) is 14.3. The molecule has 1 aromatic heterocycles. The molecule has 3 rings (SSSR count). The Hall–Kier alpha value is -2.43. The largest absolute Gasteiger partial charge is 0.341 e. The van der Waals surface area contributed by atoms with Crippen LogP contribution < -0.4 is 10.2 Å². The third-order valence-corrected chi connectivity index (χ3v) is 4.60. The molecule has 0 radical (unpaired) electrons. The first kappa shape index (κ1) is 16.4. The van der Waals surface area contributed by atoms with Gasteiger partial charge in [-0.05, 0) is 50.8 Å². The predicted molar refractivity (Wildman–Crippen MR) is 96.2 cm³/mol. The van der Waals surface area contributed by atoms with Crippen molar-refractivity contribution >= 4 is 17.5 Å². The van der Waals surface area contributed by atoms with Gasteiger partial charge in [0.05, 0.1) is 0 Å². The van der Waals surface area contributed by atoms with Crippen molar-refractivity contribution in [1.82, 2.24) is 9.97 Å². The lowest BCUT2D eigenvalue weighted by Gasteiger charge is -2.25. The molecule has 24 heavy (non-hydrogen) atoms. The molecule has 1 heterocycles. The second kappa shape index (κ2) is 7.43. The summed E-state index contributed by atoms with van der Waals surface area (Å²) in [5.41, 5.74) is 3.04. The number of hydrogen-bond acceptors (Lipinski definition) is 4. The monoisotopic (exact) mass is 324 g/mol. The van der Waals surface area contributed by atoms with Crippen LogP contribution in [-0.2, 0) is 17.6 Å². The highest BCUT2D eigenvalue weighted by atomic mass is 16.1. The van der Waals surface area contributed by atoms with Crippen molar-refractivity contribution in [2.75, 3.05) is 23.3 Å². The standard InChI is InChI=1S/C19H24N4O/c1-3-23(4-2)19-20-13-15-12-14(10-11-17(15)22-19)18(24)21-16-8-6-5-7-9-16/h5-9,13-14H,3-4,10-12H2,1-2H3,(H,21,24). The zero-order chi connectivity index (χ0) is 16.9. The highest BCUT2D eigenvalue weighted by Gasteiger charge is 2.26. The average molecular weight is 324 g/mol. The number of nitrogens with one attached hydrogen (secondary N) is 1. The average Bonchev–Trinajstić information content (AvgIpc) is 2.63. The summed E-state index contributed by atoms with van der Waals surface area (Å²) < 4.78 is 0. The fourth-order valence-electron chi connectivity index (χ4n) is 3.15. The van der Waals surface area contributed by atoms with Gasteiger partial charge < -0.3 is 10.2 Å². The third-order valence-electron chi connectivity index (χ3n) is 4.60. The summed E-state index contributed by atoms with van der Waals surface area (Å²) in [6.45, 7) is 6.02. The van der Waals surface area contributed by atoms with Gasteiger partial charge in [0.1, 0.15) is 0 Å². The molecule has 0 fully saturated rings. The minimum absolute atomic E-state index is 0.0133. The van der Waals surface area contributed by atoms with Gasteiger partial charge in [-0.3, -0.25) is 4.79 Å². The van der Waals surface area contributed by atoms with Crippen molar-refractivity contribution in [2.24, 2.45) is 5.92 Å². The first-order valence-corrected chi connectivity index (χ1v) is 8.67. The molecule has 5 nitrogen and oxygen atoms in total. The van der Waals surface area contributed by atoms with E-state index in [1.165, 1.54) is 0 Å². The maximum Gasteiger partial charge on any atom is 0.227 e. The Morgan fingerprint density at radius 3 is 2.71 bits per heavy atom. The van der Waals surface area contributed by atoms with Gasteiger partial charge in [-0.2, -0.15) is 0 Å². The van der Waals surface area contributed by atoms with E-state index in [4.69, 9.17) is 4.98 Å². The minimum atomic E-state index is -0.0133. The van der Waals surface area contributed by atoms with Crippen molar-refractivity contribution in [3.05, 3.63) is 47.8 Å². The third kappa shape index (κ3) is 3.55. The van der Waals surface area contributed by atoms with Crippen LogP contribution in [0.2, 0.25) is 0 Å². The Bertz CT molecular complexity index is 698. The Balaban J connectivity index is 1.69. The molecule has 1 atom stereocenters. The van der Waals surface area contributed by atoms with Gasteiger partial charge in [0.25, 0.3) is 0 Å². The van der Waals surface area contributed by atoms with Crippen LogP contribution in [0.15, 0.2) is 36.5 Å². The molecule has 0 aliphatic heterocycles. The molecule has 1 aliphatic carbocycles. The molecule has 1 aliphatic rings. The van der Waals surface area contributed by atoms with E-state index in [1.54, 1.807) is 0 Å².